The van der Waals surface area contributed by atoms with Crippen molar-refractivity contribution in [1.29, 1.82) is 0 Å². The van der Waals surface area contributed by atoms with Crippen molar-refractivity contribution in [1.82, 2.24) is 14.9 Å². The number of nitrogens with one attached hydrogen (secondary N) is 1. The molecule has 0 spiro atoms. The molecule has 1 amide bonds. The van der Waals surface area contributed by atoms with Crippen LogP contribution in [0, 0.1) is 20.8 Å². The number of aryl methyl sites for hydroxylation is 3. The summed E-state index contributed by atoms with van der Waals surface area (Å²) >= 11 is 7.73. The van der Waals surface area contributed by atoms with Crippen molar-refractivity contribution in [2.75, 3.05) is 11.9 Å². The van der Waals surface area contributed by atoms with Crippen LogP contribution in [0.15, 0.2) is 4.52 Å². The highest BCUT2D eigenvalue weighted by atomic mass is 35.5. The first kappa shape index (κ1) is 23.5. The van der Waals surface area contributed by atoms with Gasteiger partial charge in [-0.15, -0.1) is 11.3 Å². The summed E-state index contributed by atoms with van der Waals surface area (Å²) in [6.45, 7) is 7.80. The standard InChI is InChI=1S/C23H27ClN4O4S/c1-5-31-23(30)18-15-9-7-6-8-10-17(15)33-22(18)25-21(29)20-16(14(4)32-27-20)11-28-13(3)19(24)12(2)26-28/h5-11H2,1-4H3,(H,25,29). The number of amides is 1. The maximum Gasteiger partial charge on any atom is 0.341 e. The van der Waals surface area contributed by atoms with Crippen LogP contribution in [0.1, 0.15) is 80.2 Å². The summed E-state index contributed by atoms with van der Waals surface area (Å²) in [5.41, 5.74) is 3.76. The van der Waals surface area contributed by atoms with Crippen LogP contribution in [0.3, 0.4) is 0 Å². The van der Waals surface area contributed by atoms with Gasteiger partial charge >= 0.3 is 5.97 Å². The fourth-order valence-electron chi connectivity index (χ4n) is 4.15. The lowest BCUT2D eigenvalue weighted by molar-refractivity contribution is 0.0527. The number of anilines is 1. The van der Waals surface area contributed by atoms with Gasteiger partial charge in [0, 0.05) is 10.4 Å². The van der Waals surface area contributed by atoms with Crippen molar-refractivity contribution in [3.63, 3.8) is 0 Å². The van der Waals surface area contributed by atoms with Crippen molar-refractivity contribution in [2.45, 2.75) is 66.3 Å². The molecule has 0 fully saturated rings. The van der Waals surface area contributed by atoms with Gasteiger partial charge in [-0.3, -0.25) is 9.48 Å². The van der Waals surface area contributed by atoms with Crippen molar-refractivity contribution >= 4 is 39.8 Å². The minimum Gasteiger partial charge on any atom is -0.462 e. The van der Waals surface area contributed by atoms with E-state index in [2.05, 4.69) is 15.6 Å². The average molecular weight is 491 g/mol. The predicted octanol–water partition coefficient (Wildman–Crippen LogP) is 5.26. The Labute approximate surface area is 201 Å². The van der Waals surface area contributed by atoms with E-state index < -0.39 is 11.9 Å². The van der Waals surface area contributed by atoms with Gasteiger partial charge in [-0.1, -0.05) is 23.2 Å². The molecule has 3 aromatic rings. The highest BCUT2D eigenvalue weighted by Gasteiger charge is 2.29. The number of rotatable bonds is 6. The molecule has 4 rings (SSSR count). The molecule has 3 aromatic heterocycles. The number of ether oxygens (including phenoxy) is 1. The summed E-state index contributed by atoms with van der Waals surface area (Å²) in [7, 11) is 0. The molecule has 1 N–H and O–H groups in total. The van der Waals surface area contributed by atoms with Gasteiger partial charge in [0.05, 0.1) is 35.1 Å². The number of nitrogens with zero attached hydrogens (tertiary/aromatic N) is 3. The fraction of sp³-hybridized carbons (Fsp3) is 0.478. The van der Waals surface area contributed by atoms with E-state index >= 15 is 0 Å². The number of aromatic nitrogens is 3. The maximum absolute atomic E-state index is 13.3. The highest BCUT2D eigenvalue weighted by molar-refractivity contribution is 7.17. The molecule has 0 bridgehead atoms. The van der Waals surface area contributed by atoms with E-state index in [0.29, 0.717) is 39.1 Å². The summed E-state index contributed by atoms with van der Waals surface area (Å²) in [5.74, 6) is -0.311. The van der Waals surface area contributed by atoms with E-state index in [0.717, 1.165) is 48.2 Å². The number of carbonyl (C=O) groups excluding carboxylic acids is 2. The summed E-state index contributed by atoms with van der Waals surface area (Å²) in [6, 6.07) is 0. The zero-order valence-electron chi connectivity index (χ0n) is 19.2. The van der Waals surface area contributed by atoms with Crippen LogP contribution in [0.5, 0.6) is 0 Å². The van der Waals surface area contributed by atoms with Crippen LogP contribution >= 0.6 is 22.9 Å². The topological polar surface area (TPSA) is 99.2 Å². The molecular weight excluding hydrogens is 464 g/mol. The third-order valence-corrected chi connectivity index (χ3v) is 7.68. The highest BCUT2D eigenvalue weighted by Crippen LogP contribution is 2.38. The molecule has 3 heterocycles. The first-order valence-corrected chi connectivity index (χ1v) is 12.3. The van der Waals surface area contributed by atoms with Crippen LogP contribution in [0.25, 0.3) is 0 Å². The number of fused-ring (bicyclic) bond motifs is 1. The lowest BCUT2D eigenvalue weighted by atomic mass is 10.1. The number of halogens is 1. The van der Waals surface area contributed by atoms with E-state index in [4.69, 9.17) is 20.9 Å². The molecular formula is C23H27ClN4O4S. The largest absolute Gasteiger partial charge is 0.462 e. The Morgan fingerprint density at radius 3 is 2.67 bits per heavy atom. The molecule has 10 heteroatoms. The second-order valence-corrected chi connectivity index (χ2v) is 9.63. The number of hydrogen-bond donors (Lipinski definition) is 1. The Morgan fingerprint density at radius 2 is 1.97 bits per heavy atom. The Balaban J connectivity index is 1.66. The Bertz CT molecular complexity index is 1210. The van der Waals surface area contributed by atoms with Crippen molar-refractivity contribution < 1.29 is 18.8 Å². The Morgan fingerprint density at radius 1 is 1.21 bits per heavy atom. The van der Waals surface area contributed by atoms with Crippen LogP contribution in [0.2, 0.25) is 5.02 Å². The first-order valence-electron chi connectivity index (χ1n) is 11.1. The molecule has 8 nitrogen and oxygen atoms in total. The van der Waals surface area contributed by atoms with Gasteiger partial charge in [0.1, 0.15) is 10.8 Å². The smallest absolute Gasteiger partial charge is 0.341 e. The summed E-state index contributed by atoms with van der Waals surface area (Å²) in [5, 5.41) is 12.5. The number of thiophene rings is 1. The zero-order chi connectivity index (χ0) is 23.7. The van der Waals surface area contributed by atoms with Crippen LogP contribution < -0.4 is 5.32 Å². The molecule has 0 saturated heterocycles. The minimum absolute atomic E-state index is 0.162. The van der Waals surface area contributed by atoms with E-state index in [1.807, 2.05) is 13.8 Å². The Hall–Kier alpha value is -2.65. The average Bonchev–Trinajstić information content (AvgIpc) is 3.31. The zero-order valence-corrected chi connectivity index (χ0v) is 20.8. The lowest BCUT2D eigenvalue weighted by Gasteiger charge is -2.09. The van der Waals surface area contributed by atoms with Crippen LogP contribution in [0.4, 0.5) is 5.00 Å². The van der Waals surface area contributed by atoms with Crippen molar-refractivity contribution in [2.24, 2.45) is 0 Å². The number of hydrogen-bond acceptors (Lipinski definition) is 7. The summed E-state index contributed by atoms with van der Waals surface area (Å²) in [4.78, 5) is 27.2. The van der Waals surface area contributed by atoms with Crippen molar-refractivity contribution in [3.8, 4) is 0 Å². The third-order valence-electron chi connectivity index (χ3n) is 5.93. The van der Waals surface area contributed by atoms with E-state index in [9.17, 15) is 9.59 Å². The maximum atomic E-state index is 13.3. The van der Waals surface area contributed by atoms with E-state index in [1.165, 1.54) is 11.3 Å². The quantitative estimate of drug-likeness (QED) is 0.374. The van der Waals surface area contributed by atoms with Crippen molar-refractivity contribution in [3.05, 3.63) is 49.4 Å². The van der Waals surface area contributed by atoms with E-state index in [1.54, 1.807) is 18.5 Å². The molecule has 0 aromatic carbocycles. The van der Waals surface area contributed by atoms with Gasteiger partial charge in [-0.25, -0.2) is 4.79 Å². The fourth-order valence-corrected chi connectivity index (χ4v) is 5.55. The van der Waals surface area contributed by atoms with Gasteiger partial charge in [0.25, 0.3) is 5.91 Å². The Kier molecular flexibility index (Phi) is 6.90. The number of esters is 1. The molecule has 0 atom stereocenters. The predicted molar refractivity (Wildman–Crippen MR) is 127 cm³/mol. The number of carbonyl (C=O) groups is 2. The van der Waals surface area contributed by atoms with E-state index in [-0.39, 0.29) is 12.3 Å². The molecule has 0 saturated carbocycles. The molecule has 176 valence electrons. The summed E-state index contributed by atoms with van der Waals surface area (Å²) in [6.07, 6.45) is 4.92. The van der Waals surface area contributed by atoms with Gasteiger partial charge in [0.2, 0.25) is 0 Å². The molecule has 0 aliphatic heterocycles. The third kappa shape index (κ3) is 4.56. The molecule has 33 heavy (non-hydrogen) atoms. The monoisotopic (exact) mass is 490 g/mol. The van der Waals surface area contributed by atoms with Crippen LogP contribution in [-0.2, 0) is 24.1 Å². The lowest BCUT2D eigenvalue weighted by Crippen LogP contribution is -2.18. The molecule has 1 aliphatic rings. The normalized spacial score (nSPS) is 13.5. The summed E-state index contributed by atoms with van der Waals surface area (Å²) < 4.78 is 12.4. The van der Waals surface area contributed by atoms with Gasteiger partial charge in [-0.05, 0) is 58.9 Å². The van der Waals surface area contributed by atoms with Gasteiger partial charge in [0.15, 0.2) is 5.69 Å². The minimum atomic E-state index is -0.434. The van der Waals surface area contributed by atoms with Gasteiger partial charge < -0.3 is 14.6 Å². The van der Waals surface area contributed by atoms with Gasteiger partial charge in [-0.2, -0.15) is 5.10 Å². The second kappa shape index (κ2) is 9.69. The second-order valence-electron chi connectivity index (χ2n) is 8.15. The molecule has 0 radical (unpaired) electrons. The molecule has 0 unspecified atom stereocenters. The first-order chi connectivity index (χ1) is 15.8. The van der Waals surface area contributed by atoms with Crippen LogP contribution in [-0.4, -0.2) is 33.4 Å². The SMILES string of the molecule is CCOC(=O)c1c(NC(=O)c2noc(C)c2Cn2nc(C)c(Cl)c2C)sc2c1CCCCC2. The molecule has 1 aliphatic carbocycles.